The molecule has 0 aliphatic rings. The van der Waals surface area contributed by atoms with Crippen molar-refractivity contribution in [1.29, 1.82) is 0 Å². The molecule has 7 heteroatoms. The molecule has 0 bridgehead atoms. The number of carbonyl (C=O) groups is 2. The molecule has 1 unspecified atom stereocenters. The number of anilines is 2. The van der Waals surface area contributed by atoms with Crippen molar-refractivity contribution in [2.45, 2.75) is 53.2 Å². The lowest BCUT2D eigenvalue weighted by Gasteiger charge is -2.34. The van der Waals surface area contributed by atoms with E-state index in [0.29, 0.717) is 28.7 Å². The Hall–Kier alpha value is -2.73. The Morgan fingerprint density at radius 1 is 1.00 bits per heavy atom. The quantitative estimate of drug-likeness (QED) is 0.539. The normalized spacial score (nSPS) is 11.9. The summed E-state index contributed by atoms with van der Waals surface area (Å²) in [7, 11) is 3.93. The van der Waals surface area contributed by atoms with Crippen LogP contribution in [0.4, 0.5) is 16.2 Å². The number of rotatable bonds is 8. The highest BCUT2D eigenvalue weighted by Crippen LogP contribution is 2.27. The minimum absolute atomic E-state index is 0.0325. The average Bonchev–Trinajstić information content (AvgIpc) is 2.71. The van der Waals surface area contributed by atoms with Crippen LogP contribution in [0.1, 0.15) is 50.5 Å². The van der Waals surface area contributed by atoms with E-state index in [1.54, 1.807) is 24.3 Å². The molecule has 32 heavy (non-hydrogen) atoms. The molecule has 0 aliphatic carbocycles. The Labute approximate surface area is 196 Å². The fourth-order valence-corrected chi connectivity index (χ4v) is 3.57. The number of halogens is 1. The number of nitrogens with zero attached hydrogens (tertiary/aromatic N) is 2. The van der Waals surface area contributed by atoms with E-state index >= 15 is 0 Å². The van der Waals surface area contributed by atoms with Gasteiger partial charge in [-0.2, -0.15) is 0 Å². The maximum atomic E-state index is 13.0. The van der Waals surface area contributed by atoms with Gasteiger partial charge in [0.15, 0.2) is 0 Å². The van der Waals surface area contributed by atoms with Gasteiger partial charge in [-0.05, 0) is 62.6 Å². The number of carbonyl (C=O) groups excluding carboxylic acids is 2. The van der Waals surface area contributed by atoms with Gasteiger partial charge < -0.3 is 20.4 Å². The Morgan fingerprint density at radius 2 is 1.66 bits per heavy atom. The first-order valence-electron chi connectivity index (χ1n) is 10.9. The maximum absolute atomic E-state index is 13.0. The fraction of sp³-hybridized carbons (Fsp3) is 0.440. The molecular formula is C25H35ClN4O2. The molecule has 0 spiro atoms. The molecule has 0 fully saturated rings. The summed E-state index contributed by atoms with van der Waals surface area (Å²) in [6.07, 6.45) is 0. The van der Waals surface area contributed by atoms with Crippen LogP contribution < -0.4 is 15.5 Å². The average molecular weight is 459 g/mol. The third kappa shape index (κ3) is 6.63. The number of amides is 3. The van der Waals surface area contributed by atoms with E-state index in [2.05, 4.69) is 31.4 Å². The Kier molecular flexibility index (Phi) is 8.96. The first-order valence-corrected chi connectivity index (χ1v) is 11.3. The molecule has 1 atom stereocenters. The number of hydrogen-bond donors (Lipinski definition) is 2. The molecule has 0 radical (unpaired) electrons. The standard InChI is InChI=1S/C25H35ClN4O2/c1-16(2)18(5)30(25(32)27-17(3)4)15-19-14-20(12-13-23(19)29(6)7)28-24(31)21-10-8-9-11-22(21)26/h8-14,16-18H,15H2,1-7H3,(H,27,32)(H,28,31). The third-order valence-electron chi connectivity index (χ3n) is 5.41. The zero-order valence-electron chi connectivity index (χ0n) is 20.1. The molecule has 0 aliphatic heterocycles. The molecule has 2 aromatic rings. The van der Waals surface area contributed by atoms with Crippen LogP contribution in [-0.2, 0) is 6.54 Å². The Morgan fingerprint density at radius 3 is 2.22 bits per heavy atom. The lowest BCUT2D eigenvalue weighted by molar-refractivity contribution is 0.102. The Bertz CT molecular complexity index is 943. The summed E-state index contributed by atoms with van der Waals surface area (Å²) in [4.78, 5) is 29.6. The van der Waals surface area contributed by atoms with Gasteiger partial charge in [0, 0.05) is 44.1 Å². The van der Waals surface area contributed by atoms with Gasteiger partial charge in [-0.1, -0.05) is 37.6 Å². The summed E-state index contributed by atoms with van der Waals surface area (Å²) in [6, 6.07) is 12.7. The van der Waals surface area contributed by atoms with Crippen molar-refractivity contribution in [2.75, 3.05) is 24.3 Å². The van der Waals surface area contributed by atoms with Crippen LogP contribution in [0.25, 0.3) is 0 Å². The molecule has 0 aromatic heterocycles. The fourth-order valence-electron chi connectivity index (χ4n) is 3.34. The SMILES string of the molecule is CC(C)NC(=O)N(Cc1cc(NC(=O)c2ccccc2Cl)ccc1N(C)C)C(C)C(C)C. The molecule has 2 rings (SSSR count). The molecule has 2 N–H and O–H groups in total. The minimum atomic E-state index is -0.274. The number of nitrogens with one attached hydrogen (secondary N) is 2. The van der Waals surface area contributed by atoms with Crippen molar-refractivity contribution in [3.05, 3.63) is 58.6 Å². The Balaban J connectivity index is 2.38. The second-order valence-corrected chi connectivity index (χ2v) is 9.30. The summed E-state index contributed by atoms with van der Waals surface area (Å²) in [6.45, 7) is 10.6. The molecule has 6 nitrogen and oxygen atoms in total. The van der Waals surface area contributed by atoms with Crippen LogP contribution in [0.15, 0.2) is 42.5 Å². The molecule has 3 amide bonds. The third-order valence-corrected chi connectivity index (χ3v) is 5.74. The van der Waals surface area contributed by atoms with Gasteiger partial charge in [-0.25, -0.2) is 4.79 Å². The second kappa shape index (κ2) is 11.2. The van der Waals surface area contributed by atoms with Crippen molar-refractivity contribution in [1.82, 2.24) is 10.2 Å². The first kappa shape index (κ1) is 25.5. The summed E-state index contributed by atoms with van der Waals surface area (Å²) in [5, 5.41) is 6.34. The van der Waals surface area contributed by atoms with Crippen molar-refractivity contribution in [2.24, 2.45) is 5.92 Å². The molecule has 174 valence electrons. The van der Waals surface area contributed by atoms with Gasteiger partial charge in [-0.15, -0.1) is 0 Å². The smallest absolute Gasteiger partial charge is 0.318 e. The summed E-state index contributed by atoms with van der Waals surface area (Å²) in [5.74, 6) is 0.0166. The molecule has 0 saturated carbocycles. The topological polar surface area (TPSA) is 64.7 Å². The lowest BCUT2D eigenvalue weighted by atomic mass is 10.0. The van der Waals surface area contributed by atoms with E-state index in [1.165, 1.54) is 0 Å². The molecule has 2 aromatic carbocycles. The monoisotopic (exact) mass is 458 g/mol. The van der Waals surface area contributed by atoms with Crippen molar-refractivity contribution in [3.8, 4) is 0 Å². The van der Waals surface area contributed by atoms with E-state index in [4.69, 9.17) is 11.6 Å². The number of urea groups is 1. The van der Waals surface area contributed by atoms with Gasteiger partial charge in [0.1, 0.15) is 0 Å². The van der Waals surface area contributed by atoms with Gasteiger partial charge >= 0.3 is 6.03 Å². The highest BCUT2D eigenvalue weighted by Gasteiger charge is 2.25. The number of benzene rings is 2. The molecule has 0 heterocycles. The van der Waals surface area contributed by atoms with Crippen LogP contribution >= 0.6 is 11.6 Å². The van der Waals surface area contributed by atoms with E-state index in [-0.39, 0.29) is 24.0 Å². The van der Waals surface area contributed by atoms with Gasteiger partial charge in [-0.3, -0.25) is 4.79 Å². The van der Waals surface area contributed by atoms with Crippen LogP contribution in [0.2, 0.25) is 5.02 Å². The largest absolute Gasteiger partial charge is 0.377 e. The number of hydrogen-bond acceptors (Lipinski definition) is 3. The summed E-state index contributed by atoms with van der Waals surface area (Å²) in [5.41, 5.74) is 2.99. The van der Waals surface area contributed by atoms with Gasteiger partial charge in [0.25, 0.3) is 5.91 Å². The molecule has 0 saturated heterocycles. The van der Waals surface area contributed by atoms with E-state index in [1.807, 2.05) is 55.9 Å². The molecular weight excluding hydrogens is 424 g/mol. The highest BCUT2D eigenvalue weighted by molar-refractivity contribution is 6.34. The highest BCUT2D eigenvalue weighted by atomic mass is 35.5. The zero-order chi connectivity index (χ0) is 24.0. The summed E-state index contributed by atoms with van der Waals surface area (Å²) >= 11 is 6.17. The van der Waals surface area contributed by atoms with Crippen molar-refractivity contribution >= 4 is 34.9 Å². The van der Waals surface area contributed by atoms with Gasteiger partial charge in [0.2, 0.25) is 0 Å². The van der Waals surface area contributed by atoms with Gasteiger partial charge in [0.05, 0.1) is 10.6 Å². The predicted octanol–water partition coefficient (Wildman–Crippen LogP) is 5.62. The van der Waals surface area contributed by atoms with Crippen molar-refractivity contribution in [3.63, 3.8) is 0 Å². The van der Waals surface area contributed by atoms with E-state index in [0.717, 1.165) is 11.3 Å². The minimum Gasteiger partial charge on any atom is -0.377 e. The second-order valence-electron chi connectivity index (χ2n) is 8.89. The first-order chi connectivity index (χ1) is 15.0. The van der Waals surface area contributed by atoms with Crippen LogP contribution in [0, 0.1) is 5.92 Å². The van der Waals surface area contributed by atoms with E-state index < -0.39 is 0 Å². The van der Waals surface area contributed by atoms with E-state index in [9.17, 15) is 9.59 Å². The summed E-state index contributed by atoms with van der Waals surface area (Å²) < 4.78 is 0. The lowest BCUT2D eigenvalue weighted by Crippen LogP contribution is -2.48. The maximum Gasteiger partial charge on any atom is 0.318 e. The van der Waals surface area contributed by atoms with Crippen molar-refractivity contribution < 1.29 is 9.59 Å². The predicted molar refractivity (Wildman–Crippen MR) is 134 cm³/mol. The van der Waals surface area contributed by atoms with Crippen LogP contribution in [-0.4, -0.2) is 43.0 Å². The zero-order valence-corrected chi connectivity index (χ0v) is 20.8. The van der Waals surface area contributed by atoms with Crippen LogP contribution in [0.3, 0.4) is 0 Å². The van der Waals surface area contributed by atoms with Crippen LogP contribution in [0.5, 0.6) is 0 Å².